The molecule has 3 heteroatoms. The Hall–Kier alpha value is -1.02. The minimum atomic E-state index is -0.826. The van der Waals surface area contributed by atoms with Gasteiger partial charge in [0, 0.05) is 23.0 Å². The van der Waals surface area contributed by atoms with Crippen LogP contribution in [0.2, 0.25) is 0 Å². The molecule has 0 aromatic heterocycles. The largest absolute Gasteiger partial charge is 0.492 e. The molecule has 122 valence electrons. The lowest BCUT2D eigenvalue weighted by molar-refractivity contribution is -0.120. The van der Waals surface area contributed by atoms with Gasteiger partial charge in [-0.1, -0.05) is 46.8 Å². The fourth-order valence-corrected chi connectivity index (χ4v) is 2.80. The van der Waals surface area contributed by atoms with Crippen LogP contribution in [0.3, 0.4) is 0 Å². The number of ether oxygens (including phenoxy) is 1. The summed E-state index contributed by atoms with van der Waals surface area (Å²) in [7, 11) is 0. The zero-order valence-corrected chi connectivity index (χ0v) is 15.5. The van der Waals surface area contributed by atoms with Gasteiger partial charge in [0.25, 0.3) is 0 Å². The number of fused-ring (bicyclic) bond motifs is 1. The maximum atomic E-state index is 12.3. The van der Waals surface area contributed by atoms with Crippen LogP contribution in [-0.2, 0) is 22.0 Å². The van der Waals surface area contributed by atoms with E-state index in [0.717, 1.165) is 11.3 Å². The summed E-state index contributed by atoms with van der Waals surface area (Å²) in [4.78, 5) is 11.5. The normalized spacial score (nSPS) is 17.1. The Labute approximate surface area is 139 Å². The van der Waals surface area contributed by atoms with Gasteiger partial charge in [-0.05, 0) is 24.8 Å². The third kappa shape index (κ3) is 3.32. The number of carbonyl (C=O) groups is 1. The summed E-state index contributed by atoms with van der Waals surface area (Å²) in [5.41, 5.74) is 3.35. The number of Topliss-reactive ketones (excluding diaryl/α,β-unsaturated/α-hetero) is 1. The average molecular weight is 323 g/mol. The van der Waals surface area contributed by atoms with Gasteiger partial charge in [-0.15, -0.1) is 11.6 Å². The molecule has 0 saturated carbocycles. The molecule has 1 aromatic carbocycles. The molecule has 0 bridgehead atoms. The van der Waals surface area contributed by atoms with Gasteiger partial charge in [0.15, 0.2) is 5.78 Å². The highest BCUT2D eigenvalue weighted by atomic mass is 35.5. The van der Waals surface area contributed by atoms with Gasteiger partial charge in [0.2, 0.25) is 0 Å². The molecule has 22 heavy (non-hydrogen) atoms. The summed E-state index contributed by atoms with van der Waals surface area (Å²) in [5.74, 6) is 1.05. The summed E-state index contributed by atoms with van der Waals surface area (Å²) >= 11 is 6.16. The van der Waals surface area contributed by atoms with E-state index >= 15 is 0 Å². The predicted molar refractivity (Wildman–Crippen MR) is 92.3 cm³/mol. The summed E-state index contributed by atoms with van der Waals surface area (Å²) in [6.45, 7) is 15.1. The second-order valence-electron chi connectivity index (χ2n) is 8.52. The first-order valence-electron chi connectivity index (χ1n) is 7.85. The Balaban J connectivity index is 2.52. The molecular formula is C19H27ClO2. The Bertz CT molecular complexity index is 601. The highest BCUT2D eigenvalue weighted by molar-refractivity contribution is 6.34. The molecule has 0 radical (unpaired) electrons. The molecule has 0 amide bonds. The fraction of sp³-hybridized carbons (Fsp3) is 0.632. The van der Waals surface area contributed by atoms with E-state index in [2.05, 4.69) is 46.8 Å². The van der Waals surface area contributed by atoms with E-state index in [4.69, 9.17) is 16.3 Å². The van der Waals surface area contributed by atoms with Crippen LogP contribution in [0.25, 0.3) is 0 Å². The summed E-state index contributed by atoms with van der Waals surface area (Å²) in [6.07, 6.45) is 0.364. The molecule has 0 aliphatic carbocycles. The second-order valence-corrected chi connectivity index (χ2v) is 9.46. The summed E-state index contributed by atoms with van der Waals surface area (Å²) in [6, 6.07) is 4.23. The molecule has 1 aliphatic rings. The van der Waals surface area contributed by atoms with Gasteiger partial charge >= 0.3 is 0 Å². The van der Waals surface area contributed by atoms with E-state index in [0.29, 0.717) is 13.0 Å². The number of rotatable bonds is 3. The SMILES string of the molecule is CC(C)(Cl)C(=O)Cc1cc(C(C)(C)C)c2c(c1)C(C)(C)CO2. The second kappa shape index (κ2) is 5.26. The van der Waals surface area contributed by atoms with Crippen molar-refractivity contribution in [2.75, 3.05) is 6.61 Å². The van der Waals surface area contributed by atoms with Gasteiger partial charge in [0.1, 0.15) is 5.75 Å². The van der Waals surface area contributed by atoms with Crippen molar-refractivity contribution in [1.29, 1.82) is 0 Å². The quantitative estimate of drug-likeness (QED) is 0.748. The number of alkyl halides is 1. The van der Waals surface area contributed by atoms with Gasteiger partial charge in [0.05, 0.1) is 11.5 Å². The van der Waals surface area contributed by atoms with Crippen LogP contribution >= 0.6 is 11.6 Å². The van der Waals surface area contributed by atoms with Crippen LogP contribution in [0, 0.1) is 0 Å². The third-order valence-electron chi connectivity index (χ3n) is 4.29. The van der Waals surface area contributed by atoms with Gasteiger partial charge in [-0.25, -0.2) is 0 Å². The van der Waals surface area contributed by atoms with Crippen LogP contribution in [0.1, 0.15) is 65.2 Å². The van der Waals surface area contributed by atoms with E-state index in [1.54, 1.807) is 13.8 Å². The average Bonchev–Trinajstić information content (AvgIpc) is 2.62. The van der Waals surface area contributed by atoms with E-state index < -0.39 is 4.87 Å². The molecule has 2 nitrogen and oxygen atoms in total. The number of ketones is 1. The Morgan fingerprint density at radius 1 is 1.23 bits per heavy atom. The Kier molecular flexibility index (Phi) is 4.15. The van der Waals surface area contributed by atoms with Crippen molar-refractivity contribution in [2.24, 2.45) is 0 Å². The van der Waals surface area contributed by atoms with E-state index in [1.165, 1.54) is 11.1 Å². The van der Waals surface area contributed by atoms with Crippen molar-refractivity contribution in [2.45, 2.75) is 70.6 Å². The summed E-state index contributed by atoms with van der Waals surface area (Å²) in [5, 5.41) is 0. The van der Waals surface area contributed by atoms with Crippen molar-refractivity contribution >= 4 is 17.4 Å². The van der Waals surface area contributed by atoms with E-state index in [-0.39, 0.29) is 16.6 Å². The van der Waals surface area contributed by atoms with Crippen molar-refractivity contribution in [3.63, 3.8) is 0 Å². The molecule has 1 aromatic rings. The zero-order chi connectivity index (χ0) is 16.9. The Morgan fingerprint density at radius 2 is 1.82 bits per heavy atom. The lowest BCUT2D eigenvalue weighted by Gasteiger charge is -2.24. The molecule has 0 saturated heterocycles. The van der Waals surface area contributed by atoms with Crippen molar-refractivity contribution in [3.05, 3.63) is 28.8 Å². The van der Waals surface area contributed by atoms with Crippen LogP contribution < -0.4 is 4.74 Å². The zero-order valence-electron chi connectivity index (χ0n) is 14.8. The van der Waals surface area contributed by atoms with Gasteiger partial charge in [-0.2, -0.15) is 0 Å². The first-order chi connectivity index (χ1) is 9.82. The van der Waals surface area contributed by atoms with Gasteiger partial charge < -0.3 is 4.74 Å². The van der Waals surface area contributed by atoms with Gasteiger partial charge in [-0.3, -0.25) is 4.79 Å². The fourth-order valence-electron chi connectivity index (χ4n) is 2.73. The predicted octanol–water partition coefficient (Wildman–Crippen LogP) is 4.78. The monoisotopic (exact) mass is 322 g/mol. The highest BCUT2D eigenvalue weighted by Gasteiger charge is 2.36. The van der Waals surface area contributed by atoms with Crippen molar-refractivity contribution < 1.29 is 9.53 Å². The Morgan fingerprint density at radius 3 is 2.32 bits per heavy atom. The minimum absolute atomic E-state index is 0.0229. The highest BCUT2D eigenvalue weighted by Crippen LogP contribution is 2.45. The topological polar surface area (TPSA) is 26.3 Å². The maximum Gasteiger partial charge on any atom is 0.157 e. The minimum Gasteiger partial charge on any atom is -0.492 e. The molecule has 2 rings (SSSR count). The molecule has 0 N–H and O–H groups in total. The maximum absolute atomic E-state index is 12.3. The van der Waals surface area contributed by atoms with Crippen LogP contribution in [0.5, 0.6) is 5.75 Å². The number of carbonyl (C=O) groups excluding carboxylic acids is 1. The number of halogens is 1. The van der Waals surface area contributed by atoms with E-state index in [1.807, 2.05) is 0 Å². The lowest BCUT2D eigenvalue weighted by Crippen LogP contribution is -2.27. The number of benzene rings is 1. The van der Waals surface area contributed by atoms with Crippen LogP contribution in [-0.4, -0.2) is 17.3 Å². The molecule has 0 unspecified atom stereocenters. The lowest BCUT2D eigenvalue weighted by atomic mass is 9.79. The van der Waals surface area contributed by atoms with Crippen molar-refractivity contribution in [3.8, 4) is 5.75 Å². The van der Waals surface area contributed by atoms with Crippen LogP contribution in [0.4, 0.5) is 0 Å². The molecule has 0 spiro atoms. The standard InChI is InChI=1S/C19H27ClO2/c1-17(2,3)13-8-12(10-15(21)19(6,7)20)9-14-16(13)22-11-18(14,4)5/h8-9H,10-11H2,1-7H3. The molecular weight excluding hydrogens is 296 g/mol. The first-order valence-corrected chi connectivity index (χ1v) is 8.23. The number of hydrogen-bond donors (Lipinski definition) is 0. The molecule has 1 heterocycles. The molecule has 0 atom stereocenters. The van der Waals surface area contributed by atoms with E-state index in [9.17, 15) is 4.79 Å². The first kappa shape index (κ1) is 17.3. The molecule has 0 fully saturated rings. The van der Waals surface area contributed by atoms with Crippen molar-refractivity contribution in [1.82, 2.24) is 0 Å². The van der Waals surface area contributed by atoms with Crippen LogP contribution in [0.15, 0.2) is 12.1 Å². The number of hydrogen-bond acceptors (Lipinski definition) is 2. The summed E-state index contributed by atoms with van der Waals surface area (Å²) < 4.78 is 5.99. The molecule has 1 aliphatic heterocycles. The smallest absolute Gasteiger partial charge is 0.157 e. The third-order valence-corrected chi connectivity index (χ3v) is 4.50.